The molecule has 48 heavy (non-hydrogen) atoms. The second-order valence-electron chi connectivity index (χ2n) is 11.1. The molecule has 2 unspecified atom stereocenters. The van der Waals surface area contributed by atoms with E-state index in [1.165, 1.54) is 39.9 Å². The number of rotatable bonds is 20. The van der Waals surface area contributed by atoms with Crippen molar-refractivity contribution in [3.05, 3.63) is 46.0 Å². The molecule has 1 fully saturated rings. The number of benzene rings is 1. The number of unbranched alkanes of at least 4 members (excludes halogenated alkanes) is 3. The molecule has 2 aromatic heterocycles. The van der Waals surface area contributed by atoms with Crippen LogP contribution in [0.5, 0.6) is 0 Å². The minimum Gasteiger partial charge on any atom is -0.480 e. The second kappa shape index (κ2) is 18.2. The number of hydrogen-bond donors (Lipinski definition) is 4. The highest BCUT2D eigenvalue weighted by atomic mass is 33.1. The first-order valence-corrected chi connectivity index (χ1v) is 21.4. The van der Waals surface area contributed by atoms with Gasteiger partial charge in [0.2, 0.25) is 0 Å². The van der Waals surface area contributed by atoms with Crippen LogP contribution in [0.4, 0.5) is 11.5 Å². The summed E-state index contributed by atoms with van der Waals surface area (Å²) in [6, 6.07) is 6.90. The number of phosphoric ester groups is 1. The van der Waals surface area contributed by atoms with Crippen molar-refractivity contribution < 1.29 is 33.1 Å². The highest BCUT2D eigenvalue weighted by Crippen LogP contribution is 2.44. The quantitative estimate of drug-likeness (QED) is 0.0627. The number of fused-ring (bicyclic) bond motifs is 1. The first-order valence-electron chi connectivity index (χ1n) is 15.6. The third-order valence-corrected chi connectivity index (χ3v) is 13.1. The molecule has 1 aromatic carbocycles. The molecule has 0 aliphatic carbocycles. The Labute approximate surface area is 294 Å². The lowest BCUT2D eigenvalue weighted by Crippen LogP contribution is -2.27. The Morgan fingerprint density at radius 2 is 1.94 bits per heavy atom. The number of carboxylic acids is 1. The molecule has 19 heteroatoms. The number of anilines is 2. The molecule has 5 rings (SSSR count). The molecule has 0 bridgehead atoms. The molecule has 4 heterocycles. The summed E-state index contributed by atoms with van der Waals surface area (Å²) in [6.45, 7) is 0.899. The number of ether oxygens (including phenoxy) is 1. The standard InChI is InChI=1S/C29H39N6O8PS4/c30-24-10-12-35(29(38)34-24)25-9-7-20(43-25)17-42-44(39,40)41-13-3-1-2-4-14-46-47-15-5-11-31-19-6-8-21-23(16-19)48-27(32-21)26-33-22(18-45-26)28(36)37/h6,8,10,12,16,20,22,25,31H,1-5,7,9,11,13-15,17-18H2,(H,36,37)(H,39,40)(H2,30,34,38)/t20-,22+,25?/m0/s1. The number of aliphatic carboxylic acids is 1. The predicted molar refractivity (Wildman–Crippen MR) is 194 cm³/mol. The van der Waals surface area contributed by atoms with Crippen LogP contribution in [0.15, 0.2) is 40.2 Å². The fourth-order valence-electron chi connectivity index (χ4n) is 4.90. The lowest BCUT2D eigenvalue weighted by molar-refractivity contribution is -0.137. The van der Waals surface area contributed by atoms with Gasteiger partial charge in [-0.05, 0) is 56.4 Å². The maximum Gasteiger partial charge on any atom is 0.472 e. The van der Waals surface area contributed by atoms with Crippen LogP contribution in [-0.4, -0.2) is 84.7 Å². The number of phosphoric acid groups is 1. The number of aromatic nitrogens is 3. The smallest absolute Gasteiger partial charge is 0.472 e. The van der Waals surface area contributed by atoms with Gasteiger partial charge in [-0.1, -0.05) is 34.4 Å². The molecular weight excluding hydrogens is 720 g/mol. The average Bonchev–Trinajstić information content (AvgIpc) is 3.82. The van der Waals surface area contributed by atoms with Crippen LogP contribution in [0.2, 0.25) is 0 Å². The Morgan fingerprint density at radius 3 is 2.73 bits per heavy atom. The lowest BCUT2D eigenvalue weighted by atomic mass is 10.2. The van der Waals surface area contributed by atoms with Crippen molar-refractivity contribution in [3.8, 4) is 0 Å². The zero-order valence-electron chi connectivity index (χ0n) is 26.1. The van der Waals surface area contributed by atoms with Crippen molar-refractivity contribution in [1.29, 1.82) is 0 Å². The fourth-order valence-corrected chi connectivity index (χ4v) is 10.0. The predicted octanol–water partition coefficient (Wildman–Crippen LogP) is 5.64. The molecular formula is C29H39N6O8PS4. The van der Waals surface area contributed by atoms with E-state index in [0.717, 1.165) is 64.6 Å². The zero-order chi connectivity index (χ0) is 33.9. The maximum absolute atomic E-state index is 12.2. The van der Waals surface area contributed by atoms with Crippen LogP contribution in [-0.2, 0) is 23.1 Å². The summed E-state index contributed by atoms with van der Waals surface area (Å²) in [4.78, 5) is 45.8. The molecule has 14 nitrogen and oxygen atoms in total. The number of hydrogen-bond acceptors (Lipinski definition) is 15. The normalized spacial score (nSPS) is 20.6. The van der Waals surface area contributed by atoms with E-state index in [1.54, 1.807) is 0 Å². The number of carbonyl (C=O) groups is 1. The molecule has 1 saturated heterocycles. The summed E-state index contributed by atoms with van der Waals surface area (Å²) < 4.78 is 30.7. The van der Waals surface area contributed by atoms with Gasteiger partial charge in [-0.2, -0.15) is 4.98 Å². The first kappa shape index (κ1) is 37.1. The van der Waals surface area contributed by atoms with Crippen molar-refractivity contribution in [2.24, 2.45) is 4.99 Å². The van der Waals surface area contributed by atoms with Gasteiger partial charge in [0, 0.05) is 35.7 Å². The number of carboxylic acid groups (broad SMARTS) is 1. The Kier molecular flexibility index (Phi) is 14.1. The van der Waals surface area contributed by atoms with E-state index in [0.29, 0.717) is 30.1 Å². The summed E-state index contributed by atoms with van der Waals surface area (Å²) in [7, 11) is -0.461. The fraction of sp³-hybridized carbons (Fsp3) is 0.552. The Bertz CT molecular complexity index is 1680. The molecule has 0 radical (unpaired) electrons. The number of nitrogens with two attached hydrogens (primary N) is 1. The second-order valence-corrected chi connectivity index (χ2v) is 17.3. The number of thiazole rings is 1. The topological polar surface area (TPSA) is 200 Å². The van der Waals surface area contributed by atoms with Crippen LogP contribution < -0.4 is 16.7 Å². The summed E-state index contributed by atoms with van der Waals surface area (Å²) in [5.41, 5.74) is 6.94. The Morgan fingerprint density at radius 1 is 1.12 bits per heavy atom. The number of thioether (sulfide) groups is 1. The van der Waals surface area contributed by atoms with Crippen LogP contribution in [0.3, 0.4) is 0 Å². The first-order chi connectivity index (χ1) is 23.2. The molecule has 262 valence electrons. The number of nitrogens with one attached hydrogen (secondary N) is 1. The van der Waals surface area contributed by atoms with Gasteiger partial charge in [0.1, 0.15) is 22.1 Å². The average molecular weight is 759 g/mol. The Hall–Kier alpha value is -2.15. The van der Waals surface area contributed by atoms with Crippen molar-refractivity contribution in [1.82, 2.24) is 14.5 Å². The van der Waals surface area contributed by atoms with Crippen molar-refractivity contribution in [2.75, 3.05) is 48.1 Å². The lowest BCUT2D eigenvalue weighted by Gasteiger charge is -2.17. The van der Waals surface area contributed by atoms with Gasteiger partial charge in [0.05, 0.1) is 29.5 Å². The third-order valence-electron chi connectivity index (χ3n) is 7.37. The number of aliphatic imine (C=N–C) groups is 1. The van der Waals surface area contributed by atoms with Gasteiger partial charge in [-0.25, -0.2) is 19.1 Å². The highest BCUT2D eigenvalue weighted by molar-refractivity contribution is 8.76. The minimum atomic E-state index is -4.19. The molecule has 2 aliphatic rings. The maximum atomic E-state index is 12.2. The third kappa shape index (κ3) is 11.2. The molecule has 2 aliphatic heterocycles. The summed E-state index contributed by atoms with van der Waals surface area (Å²) in [5.74, 6) is 1.77. The number of nitrogens with zero attached hydrogens (tertiary/aromatic N) is 4. The zero-order valence-corrected chi connectivity index (χ0v) is 30.3. The van der Waals surface area contributed by atoms with E-state index in [2.05, 4.69) is 26.3 Å². The van der Waals surface area contributed by atoms with Gasteiger partial charge < -0.3 is 25.8 Å². The number of nitrogen functional groups attached to an aromatic ring is 1. The van der Waals surface area contributed by atoms with E-state index in [1.807, 2.05) is 33.7 Å². The Balaban J connectivity index is 0.849. The van der Waals surface area contributed by atoms with Crippen LogP contribution in [0, 0.1) is 0 Å². The van der Waals surface area contributed by atoms with Crippen molar-refractivity contribution in [3.63, 3.8) is 0 Å². The molecule has 3 aromatic rings. The van der Waals surface area contributed by atoms with E-state index < -0.39 is 37.9 Å². The molecule has 0 saturated carbocycles. The molecule has 0 amide bonds. The van der Waals surface area contributed by atoms with Gasteiger partial charge in [0.25, 0.3) is 0 Å². The van der Waals surface area contributed by atoms with Crippen molar-refractivity contribution >= 4 is 85.2 Å². The van der Waals surface area contributed by atoms with Gasteiger partial charge in [0.15, 0.2) is 6.04 Å². The molecule has 0 spiro atoms. The van der Waals surface area contributed by atoms with Crippen molar-refractivity contribution in [2.45, 2.75) is 63.3 Å². The van der Waals surface area contributed by atoms with E-state index in [4.69, 9.17) is 19.5 Å². The molecule has 4 atom stereocenters. The summed E-state index contributed by atoms with van der Waals surface area (Å²) in [5, 5.41) is 14.1. The summed E-state index contributed by atoms with van der Waals surface area (Å²) in [6.07, 6.45) is 6.36. The summed E-state index contributed by atoms with van der Waals surface area (Å²) >= 11 is 2.98. The largest absolute Gasteiger partial charge is 0.480 e. The van der Waals surface area contributed by atoms with Crippen LogP contribution in [0.25, 0.3) is 10.2 Å². The van der Waals surface area contributed by atoms with Gasteiger partial charge in [-0.3, -0.25) is 18.6 Å². The highest BCUT2D eigenvalue weighted by Gasteiger charge is 2.31. The van der Waals surface area contributed by atoms with Crippen LogP contribution >= 0.6 is 52.5 Å². The minimum absolute atomic E-state index is 0.106. The molecule has 5 N–H and O–H groups in total. The monoisotopic (exact) mass is 758 g/mol. The van der Waals surface area contributed by atoms with Gasteiger partial charge >= 0.3 is 19.5 Å². The van der Waals surface area contributed by atoms with E-state index in [-0.39, 0.29) is 19.0 Å². The van der Waals surface area contributed by atoms with Gasteiger partial charge in [-0.15, -0.1) is 23.1 Å². The SMILES string of the molecule is Nc1ccn(C2CC[C@@H](COP(=O)(O)OCCCCCCSSCCCNc3ccc4nc(C5=N[C@@H](C(=O)O)CS5)sc4c3)O2)c(=O)n1. The van der Waals surface area contributed by atoms with Crippen LogP contribution in [0.1, 0.15) is 56.2 Å². The van der Waals surface area contributed by atoms with E-state index in [9.17, 15) is 24.2 Å². The van der Waals surface area contributed by atoms with E-state index >= 15 is 0 Å².